The standard InChI is InChI=1S/C36H57ClN3O15P/c1-35(2,19-48-15-13-46-5)32(43)51-21-53-56(45,54-22-52-33(44)36(3,4)20-49-16-14-47-6)23-50-18-27-28(41)29(42)31(55-27)40-12-11-25-26(17-24-9-7-8-10-24)38-34(37)39-30(25)40/h11-12,24,27-29,31,41-42H,7-10,13-23H2,1-6H3/t27-,28-,29-,31-/m1/s1. The summed E-state index contributed by atoms with van der Waals surface area (Å²) in [4.78, 5) is 34.5. The van der Waals surface area contributed by atoms with E-state index in [2.05, 4.69) is 9.97 Å². The molecule has 0 radical (unpaired) electrons. The van der Waals surface area contributed by atoms with E-state index in [1.165, 1.54) is 27.1 Å². The lowest BCUT2D eigenvalue weighted by Gasteiger charge is -2.25. The van der Waals surface area contributed by atoms with Gasteiger partial charge in [-0.05, 0) is 57.7 Å². The van der Waals surface area contributed by atoms with Gasteiger partial charge in [0.15, 0.2) is 6.23 Å². The number of aliphatic hydroxyl groups is 2. The topological polar surface area (TPSA) is 215 Å². The zero-order valence-corrected chi connectivity index (χ0v) is 34.7. The summed E-state index contributed by atoms with van der Waals surface area (Å²) in [5.41, 5.74) is -0.916. The van der Waals surface area contributed by atoms with Gasteiger partial charge in [-0.2, -0.15) is 4.98 Å². The largest absolute Gasteiger partial charge is 0.437 e. The molecule has 20 heteroatoms. The normalized spacial score (nSPS) is 20.9. The summed E-state index contributed by atoms with van der Waals surface area (Å²) in [6, 6.07) is 1.83. The minimum absolute atomic E-state index is 0.0182. The Hall–Kier alpha value is -2.32. The molecule has 0 bridgehead atoms. The third-order valence-electron chi connectivity index (χ3n) is 9.50. The Morgan fingerprint density at radius 1 is 0.893 bits per heavy atom. The highest BCUT2D eigenvalue weighted by Gasteiger charge is 2.45. The molecule has 2 aromatic heterocycles. The van der Waals surface area contributed by atoms with E-state index in [4.69, 9.17) is 58.5 Å². The van der Waals surface area contributed by atoms with Gasteiger partial charge >= 0.3 is 19.5 Å². The van der Waals surface area contributed by atoms with E-state index in [0.29, 0.717) is 24.8 Å². The maximum absolute atomic E-state index is 13.9. The average Bonchev–Trinajstić information content (AvgIpc) is 3.89. The SMILES string of the molecule is COCCOCC(C)(C)C(=O)OCOP(=O)(COC[C@H]1O[C@@H](n2ccc3c(CC4CCCC4)nc(Cl)nc32)[C@H](O)[C@@H]1O)OCOC(=O)C(C)(C)COCCOC. The lowest BCUT2D eigenvalue weighted by atomic mass is 9.95. The number of aliphatic hydroxyl groups excluding tert-OH is 2. The Morgan fingerprint density at radius 3 is 2.02 bits per heavy atom. The first-order valence-electron chi connectivity index (χ1n) is 18.6. The Kier molecular flexibility index (Phi) is 17.9. The first kappa shape index (κ1) is 46.4. The summed E-state index contributed by atoms with van der Waals surface area (Å²) in [6.07, 6.45) is 1.33. The molecule has 0 amide bonds. The van der Waals surface area contributed by atoms with Gasteiger partial charge in [-0.1, -0.05) is 25.7 Å². The minimum atomic E-state index is -4.32. The summed E-state index contributed by atoms with van der Waals surface area (Å²) < 4.78 is 69.2. The van der Waals surface area contributed by atoms with Crippen molar-refractivity contribution in [3.05, 3.63) is 23.2 Å². The second-order valence-corrected chi connectivity index (χ2v) is 17.5. The molecule has 1 aliphatic carbocycles. The first-order chi connectivity index (χ1) is 26.6. The van der Waals surface area contributed by atoms with E-state index >= 15 is 0 Å². The summed E-state index contributed by atoms with van der Waals surface area (Å²) in [7, 11) is -1.27. The van der Waals surface area contributed by atoms with Crippen molar-refractivity contribution < 1.29 is 71.3 Å². The molecule has 2 fully saturated rings. The fraction of sp³-hybridized carbons (Fsp3) is 0.778. The Labute approximate surface area is 332 Å². The monoisotopic (exact) mass is 837 g/mol. The highest BCUT2D eigenvalue weighted by molar-refractivity contribution is 7.53. The number of fused-ring (bicyclic) bond motifs is 1. The maximum Gasteiger partial charge on any atom is 0.361 e. The molecule has 0 unspecified atom stereocenters. The van der Waals surface area contributed by atoms with Crippen LogP contribution in [0.2, 0.25) is 5.28 Å². The molecule has 0 aromatic carbocycles. The van der Waals surface area contributed by atoms with Gasteiger partial charge in [-0.25, -0.2) is 4.98 Å². The Morgan fingerprint density at radius 2 is 1.46 bits per heavy atom. The number of esters is 2. The number of carbonyl (C=O) groups is 2. The molecule has 0 spiro atoms. The lowest BCUT2D eigenvalue weighted by molar-refractivity contribution is -0.167. The van der Waals surface area contributed by atoms with Crippen LogP contribution in [0.25, 0.3) is 11.0 Å². The van der Waals surface area contributed by atoms with Crippen LogP contribution in [0, 0.1) is 16.7 Å². The van der Waals surface area contributed by atoms with Gasteiger partial charge in [0.1, 0.15) is 30.3 Å². The van der Waals surface area contributed by atoms with Gasteiger partial charge in [0.2, 0.25) is 18.9 Å². The van der Waals surface area contributed by atoms with Gasteiger partial charge in [0, 0.05) is 25.8 Å². The van der Waals surface area contributed by atoms with E-state index in [1.807, 2.05) is 6.07 Å². The molecule has 2 aliphatic rings. The molecular formula is C36H57ClN3O15P. The Bertz CT molecular complexity index is 1560. The van der Waals surface area contributed by atoms with Gasteiger partial charge in [0.05, 0.1) is 62.8 Å². The van der Waals surface area contributed by atoms with Crippen molar-refractivity contribution in [3.63, 3.8) is 0 Å². The van der Waals surface area contributed by atoms with Gasteiger partial charge in [-0.15, -0.1) is 0 Å². The second kappa shape index (κ2) is 21.6. The van der Waals surface area contributed by atoms with E-state index in [-0.39, 0.29) is 38.3 Å². The molecule has 2 N–H and O–H groups in total. The lowest BCUT2D eigenvalue weighted by Crippen LogP contribution is -2.34. The molecular weight excluding hydrogens is 781 g/mol. The van der Waals surface area contributed by atoms with E-state index in [9.17, 15) is 24.4 Å². The van der Waals surface area contributed by atoms with Gasteiger partial charge < -0.3 is 52.7 Å². The zero-order chi connectivity index (χ0) is 40.9. The number of hydrogen-bond donors (Lipinski definition) is 2. The fourth-order valence-corrected chi connectivity index (χ4v) is 7.33. The van der Waals surface area contributed by atoms with Crippen molar-refractivity contribution in [3.8, 4) is 0 Å². The summed E-state index contributed by atoms with van der Waals surface area (Å²) in [6.45, 7) is 5.68. The average molecular weight is 838 g/mol. The van der Waals surface area contributed by atoms with E-state index < -0.39 is 74.8 Å². The third-order valence-corrected chi connectivity index (χ3v) is 11.2. The molecule has 4 rings (SSSR count). The Balaban J connectivity index is 1.38. The predicted molar refractivity (Wildman–Crippen MR) is 200 cm³/mol. The fourth-order valence-electron chi connectivity index (χ4n) is 6.17. The first-order valence-corrected chi connectivity index (χ1v) is 20.7. The van der Waals surface area contributed by atoms with E-state index in [0.717, 1.165) is 30.3 Å². The smallest absolute Gasteiger partial charge is 0.361 e. The summed E-state index contributed by atoms with van der Waals surface area (Å²) in [5, 5.41) is 22.8. The molecule has 56 heavy (non-hydrogen) atoms. The van der Waals surface area contributed by atoms with Gasteiger partial charge in [0.25, 0.3) is 0 Å². The number of ether oxygens (including phenoxy) is 8. The molecule has 1 saturated heterocycles. The molecule has 1 saturated carbocycles. The van der Waals surface area contributed by atoms with Crippen molar-refractivity contribution in [1.29, 1.82) is 0 Å². The van der Waals surface area contributed by atoms with Crippen LogP contribution >= 0.6 is 19.2 Å². The van der Waals surface area contributed by atoms with Crippen molar-refractivity contribution in [2.75, 3.05) is 80.4 Å². The van der Waals surface area contributed by atoms with E-state index in [1.54, 1.807) is 38.5 Å². The number of halogens is 1. The van der Waals surface area contributed by atoms with Crippen LogP contribution < -0.4 is 0 Å². The third kappa shape index (κ3) is 13.1. The van der Waals surface area contributed by atoms with Gasteiger partial charge in [-0.3, -0.25) is 23.2 Å². The quantitative estimate of drug-likeness (QED) is 0.0475. The summed E-state index contributed by atoms with van der Waals surface area (Å²) in [5.74, 6) is -0.912. The highest BCUT2D eigenvalue weighted by atomic mass is 35.5. The molecule has 18 nitrogen and oxygen atoms in total. The minimum Gasteiger partial charge on any atom is -0.437 e. The van der Waals surface area contributed by atoms with Crippen LogP contribution in [0.5, 0.6) is 0 Å². The second-order valence-electron chi connectivity index (χ2n) is 15.1. The molecule has 2 aromatic rings. The number of rotatable bonds is 25. The highest BCUT2D eigenvalue weighted by Crippen LogP contribution is 2.48. The van der Waals surface area contributed by atoms with Crippen LogP contribution in [0.3, 0.4) is 0 Å². The van der Waals surface area contributed by atoms with Crippen LogP contribution in [0.15, 0.2) is 12.3 Å². The van der Waals surface area contributed by atoms with Crippen LogP contribution in [-0.4, -0.2) is 135 Å². The van der Waals surface area contributed by atoms with Crippen molar-refractivity contribution >= 4 is 42.2 Å². The molecule has 318 valence electrons. The van der Waals surface area contributed by atoms with Crippen molar-refractivity contribution in [2.24, 2.45) is 16.7 Å². The molecule has 3 heterocycles. The summed E-state index contributed by atoms with van der Waals surface area (Å²) >= 11 is 6.33. The number of nitrogens with zero attached hydrogens (tertiary/aromatic N) is 3. The molecule has 1 aliphatic heterocycles. The number of aromatic nitrogens is 3. The molecule has 4 atom stereocenters. The van der Waals surface area contributed by atoms with Crippen molar-refractivity contribution in [2.45, 2.75) is 84.3 Å². The number of hydrogen-bond acceptors (Lipinski definition) is 17. The zero-order valence-electron chi connectivity index (χ0n) is 33.0. The predicted octanol–water partition coefficient (Wildman–Crippen LogP) is 4.02. The maximum atomic E-state index is 13.9. The number of carbonyl (C=O) groups excluding carboxylic acids is 2. The number of methoxy groups -OCH3 is 2. The van der Waals surface area contributed by atoms with Crippen LogP contribution in [0.4, 0.5) is 0 Å². The van der Waals surface area contributed by atoms with Crippen molar-refractivity contribution in [1.82, 2.24) is 14.5 Å². The van der Waals surface area contributed by atoms with Crippen LogP contribution in [-0.2, 0) is 67.5 Å². The van der Waals surface area contributed by atoms with Crippen LogP contribution in [0.1, 0.15) is 65.3 Å².